The van der Waals surface area contributed by atoms with Gasteiger partial charge in [0, 0.05) is 0 Å². The van der Waals surface area contributed by atoms with Gasteiger partial charge in [-0.2, -0.15) is 8.42 Å². The van der Waals surface area contributed by atoms with Gasteiger partial charge in [-0.05, 0) is 24.7 Å². The summed E-state index contributed by atoms with van der Waals surface area (Å²) < 4.78 is 31.7. The summed E-state index contributed by atoms with van der Waals surface area (Å²) in [5.74, 6) is -6.75. The Morgan fingerprint density at radius 3 is 1.70 bits per heavy atom. The third-order valence-electron chi connectivity index (χ3n) is 5.29. The maximum atomic E-state index is 12.3. The summed E-state index contributed by atoms with van der Waals surface area (Å²) in [6.07, 6.45) is 5.21. The Balaban J connectivity index is 0. The molecule has 0 aromatic carbocycles. The number of hydrogen-bond donors (Lipinski definition) is 3. The van der Waals surface area contributed by atoms with Gasteiger partial charge in [0.25, 0.3) is 10.1 Å². The molecule has 0 amide bonds. The Hall–Kier alpha value is 0.486. The minimum atomic E-state index is -5.16. The monoisotopic (exact) mass is 434 g/mol. The molecule has 0 aromatic heterocycles. The number of unbranched alkanes of at least 4 members (excludes halogenated alkanes) is 4. The van der Waals surface area contributed by atoms with Crippen molar-refractivity contribution in [3.63, 3.8) is 0 Å². The Labute approximate surface area is 205 Å². The standard InChI is InChI=1S/C18H34O7S.K.H/c1-5-7-9-11-13(3)15(16(19)20)18(17(21)22,26(23,24)25)14(4)12-10-8-6-2;;/h13-15H,5-12H2,1-4H3,(H,19,20)(H,21,22)(H,23,24,25);;. The van der Waals surface area contributed by atoms with Crippen molar-refractivity contribution in [2.45, 2.75) is 83.8 Å². The minimum absolute atomic E-state index is 0. The predicted molar refractivity (Wildman–Crippen MR) is 107 cm³/mol. The molecular formula is C18H35KO7S. The molecule has 0 heterocycles. The first-order valence-electron chi connectivity index (χ1n) is 9.41. The molecule has 0 aliphatic rings. The van der Waals surface area contributed by atoms with Gasteiger partial charge in [-0.3, -0.25) is 14.1 Å². The molecule has 4 atom stereocenters. The van der Waals surface area contributed by atoms with Crippen LogP contribution >= 0.6 is 0 Å². The molecule has 0 aliphatic carbocycles. The van der Waals surface area contributed by atoms with Gasteiger partial charge < -0.3 is 10.2 Å². The summed E-state index contributed by atoms with van der Waals surface area (Å²) in [6, 6.07) is 0. The number of rotatable bonds is 14. The van der Waals surface area contributed by atoms with Crippen molar-refractivity contribution in [2.75, 3.05) is 0 Å². The first-order valence-corrected chi connectivity index (χ1v) is 10.9. The van der Waals surface area contributed by atoms with E-state index in [-0.39, 0.29) is 57.8 Å². The van der Waals surface area contributed by atoms with E-state index in [1.807, 2.05) is 13.8 Å². The Kier molecular flexibility index (Phi) is 15.0. The number of carboxylic acid groups (broad SMARTS) is 2. The summed E-state index contributed by atoms with van der Waals surface area (Å²) >= 11 is 0. The van der Waals surface area contributed by atoms with E-state index in [9.17, 15) is 32.8 Å². The molecule has 156 valence electrons. The van der Waals surface area contributed by atoms with Gasteiger partial charge in [0.05, 0.1) is 5.92 Å². The van der Waals surface area contributed by atoms with Crippen LogP contribution in [0.15, 0.2) is 0 Å². The fraction of sp³-hybridized carbons (Fsp3) is 0.889. The Morgan fingerprint density at radius 1 is 0.926 bits per heavy atom. The van der Waals surface area contributed by atoms with Crippen molar-refractivity contribution in [1.82, 2.24) is 0 Å². The van der Waals surface area contributed by atoms with Crippen LogP contribution in [0.4, 0.5) is 0 Å². The van der Waals surface area contributed by atoms with E-state index >= 15 is 0 Å². The molecule has 4 unspecified atom stereocenters. The normalized spacial score (nSPS) is 17.2. The van der Waals surface area contributed by atoms with Crippen molar-refractivity contribution in [3.05, 3.63) is 0 Å². The predicted octanol–water partition coefficient (Wildman–Crippen LogP) is 3.18. The topological polar surface area (TPSA) is 129 Å². The van der Waals surface area contributed by atoms with Crippen LogP contribution in [0.1, 0.15) is 79.1 Å². The van der Waals surface area contributed by atoms with Gasteiger partial charge in [-0.25, -0.2) is 0 Å². The molecule has 3 N–H and O–H groups in total. The van der Waals surface area contributed by atoms with Crippen LogP contribution in [0.3, 0.4) is 0 Å². The van der Waals surface area contributed by atoms with E-state index < -0.39 is 44.6 Å². The van der Waals surface area contributed by atoms with Crippen LogP contribution in [0.5, 0.6) is 0 Å². The molecule has 0 fully saturated rings. The molecule has 7 nitrogen and oxygen atoms in total. The van der Waals surface area contributed by atoms with E-state index in [1.165, 1.54) is 6.92 Å². The van der Waals surface area contributed by atoms with Crippen molar-refractivity contribution < 1.29 is 32.8 Å². The second-order valence-electron chi connectivity index (χ2n) is 7.26. The summed E-state index contributed by atoms with van der Waals surface area (Å²) in [4.78, 5) is 24.1. The number of carbonyl (C=O) groups is 2. The third kappa shape index (κ3) is 7.68. The average Bonchev–Trinajstić information content (AvgIpc) is 2.50. The van der Waals surface area contributed by atoms with Crippen LogP contribution in [-0.4, -0.2) is 91.3 Å². The summed E-state index contributed by atoms with van der Waals surface area (Å²) in [6.45, 7) is 6.89. The third-order valence-corrected chi connectivity index (χ3v) is 6.98. The van der Waals surface area contributed by atoms with Crippen LogP contribution in [0.2, 0.25) is 0 Å². The molecule has 0 spiro atoms. The second-order valence-corrected chi connectivity index (χ2v) is 8.88. The van der Waals surface area contributed by atoms with Gasteiger partial charge in [-0.15, -0.1) is 0 Å². The van der Waals surface area contributed by atoms with E-state index in [2.05, 4.69) is 0 Å². The molecule has 0 radical (unpaired) electrons. The molecule has 0 saturated carbocycles. The van der Waals surface area contributed by atoms with E-state index in [4.69, 9.17) is 0 Å². The van der Waals surface area contributed by atoms with Gasteiger partial charge in [0.15, 0.2) is 0 Å². The van der Waals surface area contributed by atoms with Gasteiger partial charge in [-0.1, -0.05) is 66.2 Å². The zero-order valence-corrected chi connectivity index (χ0v) is 17.1. The van der Waals surface area contributed by atoms with E-state index in [0.29, 0.717) is 19.3 Å². The molecule has 0 bridgehead atoms. The van der Waals surface area contributed by atoms with Gasteiger partial charge >= 0.3 is 63.3 Å². The number of hydrogen-bond acceptors (Lipinski definition) is 4. The zero-order chi connectivity index (χ0) is 20.5. The summed E-state index contributed by atoms with van der Waals surface area (Å²) in [7, 11) is -5.16. The molecular weight excluding hydrogens is 399 g/mol. The van der Waals surface area contributed by atoms with Crippen LogP contribution in [-0.2, 0) is 19.7 Å². The molecule has 0 aromatic rings. The molecule has 0 saturated heterocycles. The second kappa shape index (κ2) is 13.7. The first kappa shape index (κ1) is 29.7. The quantitative estimate of drug-likeness (QED) is 0.217. The van der Waals surface area contributed by atoms with Crippen molar-refractivity contribution >= 4 is 73.4 Å². The number of aliphatic carboxylic acids is 2. The number of carboxylic acids is 2. The van der Waals surface area contributed by atoms with Crippen LogP contribution in [0.25, 0.3) is 0 Å². The Bertz CT molecular complexity index is 564. The SMILES string of the molecule is CCCCCC(C)C(C(=O)O)C(C(=O)O)(C(C)CCCCC)S(=O)(=O)O.[KH]. The Morgan fingerprint density at radius 2 is 1.37 bits per heavy atom. The molecule has 0 aliphatic heterocycles. The summed E-state index contributed by atoms with van der Waals surface area (Å²) in [5.41, 5.74) is 0. The van der Waals surface area contributed by atoms with Gasteiger partial charge in [0.1, 0.15) is 0 Å². The fourth-order valence-electron chi connectivity index (χ4n) is 3.82. The van der Waals surface area contributed by atoms with E-state index in [1.54, 1.807) is 6.92 Å². The molecule has 0 rings (SSSR count). The molecule has 9 heteroatoms. The average molecular weight is 435 g/mol. The van der Waals surface area contributed by atoms with Crippen LogP contribution < -0.4 is 0 Å². The van der Waals surface area contributed by atoms with Crippen molar-refractivity contribution in [3.8, 4) is 0 Å². The molecule has 27 heavy (non-hydrogen) atoms. The maximum absolute atomic E-state index is 12.3. The van der Waals surface area contributed by atoms with Crippen molar-refractivity contribution in [1.29, 1.82) is 0 Å². The van der Waals surface area contributed by atoms with Crippen molar-refractivity contribution in [2.24, 2.45) is 17.8 Å². The zero-order valence-electron chi connectivity index (χ0n) is 16.3. The first-order chi connectivity index (χ1) is 12.0. The van der Waals surface area contributed by atoms with Crippen LogP contribution in [0, 0.1) is 17.8 Å². The van der Waals surface area contributed by atoms with E-state index in [0.717, 1.165) is 25.7 Å². The summed E-state index contributed by atoms with van der Waals surface area (Å²) in [5, 5.41) is 19.6. The van der Waals surface area contributed by atoms with Gasteiger partial charge in [0.2, 0.25) is 4.75 Å². The fourth-order valence-corrected chi connectivity index (χ4v) is 5.32.